The Hall–Kier alpha value is -3.39. The van der Waals surface area contributed by atoms with E-state index in [1.54, 1.807) is 18.2 Å². The third kappa shape index (κ3) is 5.81. The van der Waals surface area contributed by atoms with Crippen LogP contribution >= 0.6 is 15.9 Å². The summed E-state index contributed by atoms with van der Waals surface area (Å²) in [5.41, 5.74) is 2.76. The number of benzene rings is 3. The molecule has 0 aliphatic heterocycles. The van der Waals surface area contributed by atoms with Crippen molar-refractivity contribution in [2.75, 3.05) is 6.61 Å². The monoisotopic (exact) mass is 469 g/mol. The van der Waals surface area contributed by atoms with E-state index >= 15 is 0 Å². The van der Waals surface area contributed by atoms with Crippen LogP contribution in [0.5, 0.6) is 11.5 Å². The molecule has 154 valence electrons. The van der Waals surface area contributed by atoms with Crippen LogP contribution in [0.4, 0.5) is 0 Å². The van der Waals surface area contributed by atoms with Gasteiger partial charge in [-0.3, -0.25) is 9.59 Å². The number of halogens is 1. The summed E-state index contributed by atoms with van der Waals surface area (Å²) >= 11 is 3.29. The fraction of sp³-hybridized carbons (Fsp3) is 0.136. The van der Waals surface area contributed by atoms with Crippen LogP contribution in [0.3, 0.4) is 0 Å². The number of fused-ring (bicyclic) bond motifs is 1. The average molecular weight is 470 g/mol. The van der Waals surface area contributed by atoms with Crippen LogP contribution in [0.15, 0.2) is 70.2 Å². The Morgan fingerprint density at radius 1 is 1.13 bits per heavy atom. The van der Waals surface area contributed by atoms with Crippen molar-refractivity contribution in [1.82, 2.24) is 10.7 Å². The molecular formula is C22H20BrN3O4. The van der Waals surface area contributed by atoms with E-state index in [1.165, 1.54) is 19.2 Å². The van der Waals surface area contributed by atoms with Crippen molar-refractivity contribution in [2.45, 2.75) is 13.0 Å². The molecule has 30 heavy (non-hydrogen) atoms. The largest absolute Gasteiger partial charge is 0.507 e. The molecule has 3 aromatic carbocycles. The molecular weight excluding hydrogens is 450 g/mol. The number of hydrazone groups is 1. The number of rotatable bonds is 7. The SMILES string of the molecule is C[C@H](NC(=O)COc1ccc2ccccc2c1)C(=O)NN=Cc1cc(Br)ccc1O. The maximum absolute atomic E-state index is 12.1. The summed E-state index contributed by atoms with van der Waals surface area (Å²) in [5.74, 6) is -0.331. The minimum Gasteiger partial charge on any atom is -0.507 e. The summed E-state index contributed by atoms with van der Waals surface area (Å²) in [6.45, 7) is 1.32. The third-order valence-electron chi connectivity index (χ3n) is 4.23. The number of carbonyl (C=O) groups excluding carboxylic acids is 2. The molecule has 0 spiro atoms. The maximum atomic E-state index is 12.1. The Labute approximate surface area is 181 Å². The zero-order chi connectivity index (χ0) is 21.5. The molecule has 2 amide bonds. The number of carbonyl (C=O) groups is 2. The minimum absolute atomic E-state index is 0.0309. The predicted octanol–water partition coefficient (Wildman–Crippen LogP) is 3.34. The Morgan fingerprint density at radius 2 is 1.90 bits per heavy atom. The standard InChI is InChI=1S/C22H20BrN3O4/c1-14(22(29)26-24-12-17-10-18(23)7-9-20(17)27)25-21(28)13-30-19-8-6-15-4-2-3-5-16(15)11-19/h2-12,14,27H,13H2,1H3,(H,25,28)(H,26,29)/t14-/m0/s1. The highest BCUT2D eigenvalue weighted by Gasteiger charge is 2.15. The molecule has 0 aromatic heterocycles. The van der Waals surface area contributed by atoms with Crippen molar-refractivity contribution in [3.63, 3.8) is 0 Å². The first-order valence-electron chi connectivity index (χ1n) is 9.15. The van der Waals surface area contributed by atoms with Crippen LogP contribution in [-0.4, -0.2) is 35.8 Å². The van der Waals surface area contributed by atoms with E-state index < -0.39 is 17.9 Å². The second-order valence-corrected chi connectivity index (χ2v) is 7.44. The Kier molecular flexibility index (Phi) is 7.03. The van der Waals surface area contributed by atoms with E-state index in [4.69, 9.17) is 4.74 Å². The number of amides is 2. The minimum atomic E-state index is -0.814. The first kappa shape index (κ1) is 21.3. The summed E-state index contributed by atoms with van der Waals surface area (Å²) in [6.07, 6.45) is 1.31. The first-order chi connectivity index (χ1) is 14.4. The molecule has 0 heterocycles. The Balaban J connectivity index is 1.47. The van der Waals surface area contributed by atoms with Crippen LogP contribution in [0.2, 0.25) is 0 Å². The van der Waals surface area contributed by atoms with Crippen LogP contribution in [0.25, 0.3) is 10.8 Å². The second kappa shape index (κ2) is 9.89. The van der Waals surface area contributed by atoms with Crippen molar-refractivity contribution >= 4 is 44.7 Å². The molecule has 0 radical (unpaired) electrons. The van der Waals surface area contributed by atoms with Gasteiger partial charge in [0.2, 0.25) is 0 Å². The Morgan fingerprint density at radius 3 is 2.70 bits per heavy atom. The molecule has 0 unspecified atom stereocenters. The number of phenols is 1. The Bertz CT molecular complexity index is 1100. The van der Waals surface area contributed by atoms with Crippen LogP contribution in [0, 0.1) is 0 Å². The van der Waals surface area contributed by atoms with Gasteiger partial charge in [0.25, 0.3) is 11.8 Å². The highest BCUT2D eigenvalue weighted by molar-refractivity contribution is 9.10. The molecule has 1 atom stereocenters. The summed E-state index contributed by atoms with van der Waals surface area (Å²) in [5, 5.41) is 18.2. The van der Waals surface area contributed by atoms with Gasteiger partial charge in [0, 0.05) is 10.0 Å². The highest BCUT2D eigenvalue weighted by atomic mass is 79.9. The third-order valence-corrected chi connectivity index (χ3v) is 4.72. The fourth-order valence-corrected chi connectivity index (χ4v) is 3.02. The molecule has 0 aliphatic carbocycles. The van der Waals surface area contributed by atoms with Crippen LogP contribution in [0.1, 0.15) is 12.5 Å². The molecule has 3 N–H and O–H groups in total. The number of nitrogens with one attached hydrogen (secondary N) is 2. The first-order valence-corrected chi connectivity index (χ1v) is 9.94. The van der Waals surface area contributed by atoms with Crippen molar-refractivity contribution in [1.29, 1.82) is 0 Å². The van der Waals surface area contributed by atoms with Gasteiger partial charge in [0.05, 0.1) is 6.21 Å². The maximum Gasteiger partial charge on any atom is 0.262 e. The van der Waals surface area contributed by atoms with E-state index in [9.17, 15) is 14.7 Å². The van der Waals surface area contributed by atoms with Gasteiger partial charge in [0.15, 0.2) is 6.61 Å². The topological polar surface area (TPSA) is 100 Å². The van der Waals surface area contributed by atoms with E-state index in [0.29, 0.717) is 11.3 Å². The molecule has 0 saturated carbocycles. The lowest BCUT2D eigenvalue weighted by Gasteiger charge is -2.13. The zero-order valence-electron chi connectivity index (χ0n) is 16.1. The molecule has 3 rings (SSSR count). The zero-order valence-corrected chi connectivity index (χ0v) is 17.7. The van der Waals surface area contributed by atoms with Crippen molar-refractivity contribution in [3.8, 4) is 11.5 Å². The summed E-state index contributed by atoms with van der Waals surface area (Å²) in [4.78, 5) is 24.2. The van der Waals surface area contributed by atoms with Crippen LogP contribution in [-0.2, 0) is 9.59 Å². The van der Waals surface area contributed by atoms with Gasteiger partial charge in [-0.15, -0.1) is 0 Å². The van der Waals surface area contributed by atoms with Crippen molar-refractivity contribution in [2.24, 2.45) is 5.10 Å². The molecule has 3 aromatic rings. The van der Waals surface area contributed by atoms with E-state index in [2.05, 4.69) is 31.8 Å². The van der Waals surface area contributed by atoms with E-state index in [1.807, 2.05) is 36.4 Å². The lowest BCUT2D eigenvalue weighted by molar-refractivity contribution is -0.129. The van der Waals surface area contributed by atoms with Gasteiger partial charge < -0.3 is 15.2 Å². The second-order valence-electron chi connectivity index (χ2n) is 6.52. The van der Waals surface area contributed by atoms with Gasteiger partial charge in [-0.2, -0.15) is 5.10 Å². The quantitative estimate of drug-likeness (QED) is 0.364. The number of aromatic hydroxyl groups is 1. The van der Waals surface area contributed by atoms with E-state index in [0.717, 1.165) is 15.2 Å². The highest BCUT2D eigenvalue weighted by Crippen LogP contribution is 2.21. The number of phenolic OH excluding ortho intramolecular Hbond substituents is 1. The van der Waals surface area contributed by atoms with Gasteiger partial charge in [0.1, 0.15) is 17.5 Å². The predicted molar refractivity (Wildman–Crippen MR) is 119 cm³/mol. The summed E-state index contributed by atoms with van der Waals surface area (Å²) < 4.78 is 6.28. The molecule has 0 bridgehead atoms. The number of ether oxygens (including phenoxy) is 1. The molecule has 0 saturated heterocycles. The normalized spacial score (nSPS) is 11.9. The number of nitrogens with zero attached hydrogens (tertiary/aromatic N) is 1. The average Bonchev–Trinajstić information content (AvgIpc) is 2.74. The smallest absolute Gasteiger partial charge is 0.262 e. The van der Waals surface area contributed by atoms with Gasteiger partial charge in [-0.05, 0) is 48.0 Å². The van der Waals surface area contributed by atoms with Gasteiger partial charge >= 0.3 is 0 Å². The lowest BCUT2D eigenvalue weighted by atomic mass is 10.1. The van der Waals surface area contributed by atoms with Crippen molar-refractivity contribution in [3.05, 3.63) is 70.7 Å². The number of hydrogen-bond acceptors (Lipinski definition) is 5. The van der Waals surface area contributed by atoms with Gasteiger partial charge in [-0.25, -0.2) is 5.43 Å². The number of hydrogen-bond donors (Lipinski definition) is 3. The fourth-order valence-electron chi connectivity index (χ4n) is 2.65. The van der Waals surface area contributed by atoms with Crippen LogP contribution < -0.4 is 15.5 Å². The molecule has 0 fully saturated rings. The summed E-state index contributed by atoms with van der Waals surface area (Å²) in [7, 11) is 0. The molecule has 0 aliphatic rings. The van der Waals surface area contributed by atoms with Crippen molar-refractivity contribution < 1.29 is 19.4 Å². The van der Waals surface area contributed by atoms with E-state index in [-0.39, 0.29) is 12.4 Å². The summed E-state index contributed by atoms with van der Waals surface area (Å²) in [6, 6.07) is 17.4. The molecule has 8 heteroatoms. The van der Waals surface area contributed by atoms with Gasteiger partial charge in [-0.1, -0.05) is 46.3 Å². The molecule has 7 nitrogen and oxygen atoms in total. The lowest BCUT2D eigenvalue weighted by Crippen LogP contribution is -2.45.